The molecule has 3 aliphatic carbocycles. The Morgan fingerprint density at radius 2 is 1.97 bits per heavy atom. The Hall–Kier alpha value is -0.940. The second-order valence-electron chi connectivity index (χ2n) is 12.6. The first-order valence-corrected chi connectivity index (χ1v) is 13.8. The highest BCUT2D eigenvalue weighted by Gasteiger charge is 2.51. The first-order chi connectivity index (χ1) is 16.1. The average molecular weight is 472 g/mol. The second kappa shape index (κ2) is 10.2. The summed E-state index contributed by atoms with van der Waals surface area (Å²) in [6.45, 7) is 16.1. The van der Waals surface area contributed by atoms with Crippen LogP contribution in [0.1, 0.15) is 85.5 Å². The number of hydrogen-bond donors (Lipinski definition) is 2. The lowest BCUT2D eigenvalue weighted by Crippen LogP contribution is -2.49. The predicted molar refractivity (Wildman–Crippen MR) is 140 cm³/mol. The Kier molecular flexibility index (Phi) is 7.84. The molecule has 0 aromatic rings. The normalized spacial score (nSPS) is 40.8. The van der Waals surface area contributed by atoms with Crippen molar-refractivity contribution in [2.45, 2.75) is 109 Å². The van der Waals surface area contributed by atoms with Gasteiger partial charge in [0.15, 0.2) is 0 Å². The fraction of sp³-hybridized carbons (Fsp3) is 0.800. The highest BCUT2D eigenvalue weighted by atomic mass is 16.5. The van der Waals surface area contributed by atoms with E-state index >= 15 is 0 Å². The quantitative estimate of drug-likeness (QED) is 0.525. The first-order valence-electron chi connectivity index (χ1n) is 13.8. The van der Waals surface area contributed by atoms with Crippen LogP contribution in [0, 0.1) is 23.2 Å². The van der Waals surface area contributed by atoms with Crippen molar-refractivity contribution in [1.29, 1.82) is 0 Å². The molecular weight excluding hydrogens is 422 g/mol. The Morgan fingerprint density at radius 3 is 2.71 bits per heavy atom. The summed E-state index contributed by atoms with van der Waals surface area (Å²) in [5, 5.41) is 20.3. The second-order valence-corrected chi connectivity index (χ2v) is 12.6. The van der Waals surface area contributed by atoms with Crippen LogP contribution in [0.15, 0.2) is 35.5 Å². The summed E-state index contributed by atoms with van der Waals surface area (Å²) in [5.41, 5.74) is 3.68. The van der Waals surface area contributed by atoms with Crippen LogP contribution in [-0.2, 0) is 4.74 Å². The molecule has 0 aromatic carbocycles. The smallest absolute Gasteiger partial charge is 0.0811 e. The molecule has 1 heterocycles. The van der Waals surface area contributed by atoms with Crippen LogP contribution >= 0.6 is 0 Å². The van der Waals surface area contributed by atoms with E-state index in [1.54, 1.807) is 5.57 Å². The Labute approximate surface area is 208 Å². The summed E-state index contributed by atoms with van der Waals surface area (Å²) >= 11 is 0. The van der Waals surface area contributed by atoms with Crippen LogP contribution < -0.4 is 0 Å². The van der Waals surface area contributed by atoms with Crippen molar-refractivity contribution >= 4 is 0 Å². The molecule has 4 nitrogen and oxygen atoms in total. The fourth-order valence-corrected chi connectivity index (χ4v) is 8.14. The van der Waals surface area contributed by atoms with E-state index in [1.807, 2.05) is 7.11 Å². The molecule has 0 bridgehead atoms. The zero-order chi connectivity index (χ0) is 24.7. The molecule has 4 fully saturated rings. The molecule has 192 valence electrons. The molecule has 4 aliphatic rings. The van der Waals surface area contributed by atoms with Crippen molar-refractivity contribution in [2.75, 3.05) is 20.2 Å². The molecule has 2 N–H and O–H groups in total. The van der Waals surface area contributed by atoms with Gasteiger partial charge in [0.2, 0.25) is 0 Å². The van der Waals surface area contributed by atoms with Gasteiger partial charge in [-0.15, -0.1) is 0 Å². The van der Waals surface area contributed by atoms with Gasteiger partial charge < -0.3 is 14.9 Å². The van der Waals surface area contributed by atoms with Crippen molar-refractivity contribution in [2.24, 2.45) is 23.2 Å². The molecule has 0 radical (unpaired) electrons. The molecule has 1 saturated heterocycles. The minimum atomic E-state index is -0.612. The maximum Gasteiger partial charge on any atom is 0.0811 e. The Morgan fingerprint density at radius 1 is 1.21 bits per heavy atom. The summed E-state index contributed by atoms with van der Waals surface area (Å²) in [6, 6.07) is 0.521. The number of aliphatic hydroxyl groups is 2. The number of methoxy groups -OCH3 is 1. The van der Waals surface area contributed by atoms with Gasteiger partial charge in [0.25, 0.3) is 0 Å². The number of aliphatic hydroxyl groups excluding tert-OH is 2. The predicted octanol–water partition coefficient (Wildman–Crippen LogP) is 5.65. The maximum atomic E-state index is 10.2. The van der Waals surface area contributed by atoms with Crippen LogP contribution in [0.2, 0.25) is 0 Å². The number of ether oxygens (including phenoxy) is 1. The molecule has 1 aliphatic heterocycles. The number of hydrogen-bond acceptors (Lipinski definition) is 4. The van der Waals surface area contributed by atoms with Gasteiger partial charge in [0.05, 0.1) is 17.8 Å². The number of rotatable bonds is 6. The van der Waals surface area contributed by atoms with Crippen molar-refractivity contribution in [3.63, 3.8) is 0 Å². The van der Waals surface area contributed by atoms with Crippen LogP contribution in [0.5, 0.6) is 0 Å². The van der Waals surface area contributed by atoms with Gasteiger partial charge in [-0.25, -0.2) is 0 Å². The summed E-state index contributed by atoms with van der Waals surface area (Å²) in [6.07, 6.45) is 13.4. The number of allylic oxidation sites excluding steroid dienone is 3. The lowest BCUT2D eigenvalue weighted by molar-refractivity contribution is -0.0469. The fourth-order valence-electron chi connectivity index (χ4n) is 8.14. The molecule has 7 atom stereocenters. The third-order valence-corrected chi connectivity index (χ3v) is 10.2. The Balaban J connectivity index is 1.47. The zero-order valence-corrected chi connectivity index (χ0v) is 22.4. The molecule has 0 aromatic heterocycles. The number of likely N-dealkylation sites (tertiary alicyclic amines) is 1. The molecular formula is C30H49NO3. The highest BCUT2D eigenvalue weighted by molar-refractivity contribution is 5.38. The van der Waals surface area contributed by atoms with Gasteiger partial charge >= 0.3 is 0 Å². The summed E-state index contributed by atoms with van der Waals surface area (Å²) in [4.78, 5) is 2.72. The van der Waals surface area contributed by atoms with Crippen molar-refractivity contribution in [1.82, 2.24) is 4.90 Å². The number of fused-ring (bicyclic) bond motifs is 1. The lowest BCUT2D eigenvalue weighted by atomic mass is 9.61. The topological polar surface area (TPSA) is 52.9 Å². The van der Waals surface area contributed by atoms with E-state index in [9.17, 15) is 10.2 Å². The van der Waals surface area contributed by atoms with Crippen molar-refractivity contribution < 1.29 is 14.9 Å². The summed E-state index contributed by atoms with van der Waals surface area (Å²) in [5.74, 6) is 2.10. The molecule has 0 spiro atoms. The molecule has 1 unspecified atom stereocenters. The first kappa shape index (κ1) is 26.1. The standard InChI is InChI=1S/C30H49NO3/c1-20(19-31-16-8-10-28(31)29(3,4)34-6)25-13-14-26-22(9-7-15-30(25,26)5)11-12-23-17-24(32)18-27(33)21(23)2/h11-12,20,24-28,32-33H,2,7-10,13-19H2,1,3-6H3/b22-11+,23-12-/t20?,24-,25-,26+,27+,28-,30-/m1/s1. The van der Waals surface area contributed by atoms with Gasteiger partial charge in [-0.3, -0.25) is 4.90 Å². The van der Waals surface area contributed by atoms with Gasteiger partial charge in [-0.05, 0) is 106 Å². The molecule has 4 heteroatoms. The third-order valence-electron chi connectivity index (χ3n) is 10.2. The van der Waals surface area contributed by atoms with Crippen LogP contribution in [0.4, 0.5) is 0 Å². The van der Waals surface area contributed by atoms with E-state index in [0.29, 0.717) is 36.1 Å². The van der Waals surface area contributed by atoms with Crippen LogP contribution in [0.3, 0.4) is 0 Å². The molecule has 34 heavy (non-hydrogen) atoms. The number of nitrogens with zero attached hydrogens (tertiary/aromatic N) is 1. The largest absolute Gasteiger partial charge is 0.393 e. The summed E-state index contributed by atoms with van der Waals surface area (Å²) < 4.78 is 5.88. The molecule has 3 saturated carbocycles. The van der Waals surface area contributed by atoms with Gasteiger partial charge in [-0.1, -0.05) is 38.2 Å². The van der Waals surface area contributed by atoms with E-state index in [0.717, 1.165) is 17.1 Å². The molecule has 0 amide bonds. The van der Waals surface area contributed by atoms with Crippen LogP contribution in [0.25, 0.3) is 0 Å². The van der Waals surface area contributed by atoms with Crippen LogP contribution in [-0.4, -0.2) is 59.2 Å². The minimum absolute atomic E-state index is 0.0864. The van der Waals surface area contributed by atoms with E-state index in [4.69, 9.17) is 4.74 Å². The van der Waals surface area contributed by atoms with E-state index < -0.39 is 12.2 Å². The van der Waals surface area contributed by atoms with E-state index in [-0.39, 0.29) is 5.60 Å². The van der Waals surface area contributed by atoms with Gasteiger partial charge in [-0.2, -0.15) is 0 Å². The van der Waals surface area contributed by atoms with Crippen molar-refractivity contribution in [3.05, 3.63) is 35.5 Å². The maximum absolute atomic E-state index is 10.2. The SMILES string of the molecule is C=C1/C(=C\C=C2/CCC[C@]3(C)[C@@H](C(C)CN4CCC[C@@H]4C(C)(C)OC)CC[C@@H]23)C[C@@H](O)C[C@@H]1O. The zero-order valence-electron chi connectivity index (χ0n) is 22.4. The highest BCUT2D eigenvalue weighted by Crippen LogP contribution is 2.59. The van der Waals surface area contributed by atoms with Gasteiger partial charge in [0.1, 0.15) is 0 Å². The third kappa shape index (κ3) is 4.98. The van der Waals surface area contributed by atoms with Crippen molar-refractivity contribution in [3.8, 4) is 0 Å². The Bertz CT molecular complexity index is 814. The monoisotopic (exact) mass is 471 g/mol. The average Bonchev–Trinajstić information content (AvgIpc) is 3.39. The van der Waals surface area contributed by atoms with Gasteiger partial charge in [0, 0.05) is 26.1 Å². The van der Waals surface area contributed by atoms with E-state index in [2.05, 4.69) is 51.3 Å². The minimum Gasteiger partial charge on any atom is -0.393 e. The summed E-state index contributed by atoms with van der Waals surface area (Å²) in [7, 11) is 1.86. The lowest BCUT2D eigenvalue weighted by Gasteiger charge is -2.46. The van der Waals surface area contributed by atoms with E-state index in [1.165, 1.54) is 58.0 Å². The molecule has 4 rings (SSSR count).